The Labute approximate surface area is 121 Å². The summed E-state index contributed by atoms with van der Waals surface area (Å²) in [5.41, 5.74) is 3.69. The fourth-order valence-corrected chi connectivity index (χ4v) is 2.16. The molecule has 1 heterocycles. The molecule has 0 aliphatic carbocycles. The molecule has 2 aromatic rings. The van der Waals surface area contributed by atoms with Crippen LogP contribution in [0.4, 0.5) is 5.69 Å². The van der Waals surface area contributed by atoms with Gasteiger partial charge < -0.3 is 5.32 Å². The molecular formula is C15H15BrN2O. The van der Waals surface area contributed by atoms with E-state index in [0.29, 0.717) is 6.42 Å². The van der Waals surface area contributed by atoms with E-state index in [-0.39, 0.29) is 5.91 Å². The Morgan fingerprint density at radius 1 is 1.26 bits per heavy atom. The third-order valence-electron chi connectivity index (χ3n) is 2.99. The van der Waals surface area contributed by atoms with E-state index < -0.39 is 0 Å². The van der Waals surface area contributed by atoms with Crippen molar-refractivity contribution < 1.29 is 4.79 Å². The molecule has 1 aromatic carbocycles. The number of nitrogens with one attached hydrogen (secondary N) is 1. The average molecular weight is 319 g/mol. The van der Waals surface area contributed by atoms with Crippen LogP contribution in [0.2, 0.25) is 0 Å². The second kappa shape index (κ2) is 5.97. The molecule has 0 bridgehead atoms. The molecule has 1 N–H and O–H groups in total. The number of halogens is 1. The summed E-state index contributed by atoms with van der Waals surface area (Å²) in [4.78, 5) is 16.3. The molecule has 0 saturated heterocycles. The van der Waals surface area contributed by atoms with Crippen molar-refractivity contribution >= 4 is 27.5 Å². The van der Waals surface area contributed by atoms with Crippen LogP contribution in [0.3, 0.4) is 0 Å². The van der Waals surface area contributed by atoms with Crippen LogP contribution in [-0.2, 0) is 11.2 Å². The van der Waals surface area contributed by atoms with E-state index >= 15 is 0 Å². The van der Waals surface area contributed by atoms with Gasteiger partial charge in [0, 0.05) is 16.4 Å². The maximum absolute atomic E-state index is 12.0. The summed E-state index contributed by atoms with van der Waals surface area (Å²) in [6, 6.07) is 9.57. The Bertz CT molecular complexity index is 611. The number of aromatic nitrogens is 1. The van der Waals surface area contributed by atoms with E-state index in [2.05, 4.69) is 26.2 Å². The lowest BCUT2D eigenvalue weighted by atomic mass is 10.1. The van der Waals surface area contributed by atoms with Crippen molar-refractivity contribution in [2.24, 2.45) is 0 Å². The first-order valence-corrected chi connectivity index (χ1v) is 6.82. The van der Waals surface area contributed by atoms with Gasteiger partial charge in [-0.25, -0.2) is 0 Å². The summed E-state index contributed by atoms with van der Waals surface area (Å²) in [5.74, 6) is -0.0528. The third-order valence-corrected chi connectivity index (χ3v) is 3.85. The lowest BCUT2D eigenvalue weighted by Gasteiger charge is -2.10. The van der Waals surface area contributed by atoms with Crippen LogP contribution in [0.15, 0.2) is 41.0 Å². The molecule has 2 rings (SSSR count). The molecule has 0 saturated carbocycles. The molecular weight excluding hydrogens is 304 g/mol. The smallest absolute Gasteiger partial charge is 0.230 e. The molecule has 4 heteroatoms. The minimum atomic E-state index is -0.0528. The molecule has 19 heavy (non-hydrogen) atoms. The molecule has 0 atom stereocenters. The zero-order valence-electron chi connectivity index (χ0n) is 10.9. The minimum absolute atomic E-state index is 0.0528. The van der Waals surface area contributed by atoms with Crippen molar-refractivity contribution in [2.75, 3.05) is 5.32 Å². The van der Waals surface area contributed by atoms with Gasteiger partial charge in [-0.3, -0.25) is 9.78 Å². The second-order valence-corrected chi connectivity index (χ2v) is 5.26. The molecule has 1 aromatic heterocycles. The zero-order chi connectivity index (χ0) is 13.8. The van der Waals surface area contributed by atoms with Crippen LogP contribution < -0.4 is 5.32 Å². The van der Waals surface area contributed by atoms with Crippen LogP contribution >= 0.6 is 15.9 Å². The highest BCUT2D eigenvalue weighted by Crippen LogP contribution is 2.23. The molecule has 3 nitrogen and oxygen atoms in total. The van der Waals surface area contributed by atoms with E-state index in [0.717, 1.165) is 27.0 Å². The van der Waals surface area contributed by atoms with Crippen molar-refractivity contribution in [2.45, 2.75) is 20.3 Å². The Kier molecular flexibility index (Phi) is 4.32. The number of carbonyl (C=O) groups is 1. The Balaban J connectivity index is 2.10. The molecule has 0 aliphatic heterocycles. The first-order valence-electron chi connectivity index (χ1n) is 6.03. The molecule has 0 unspecified atom stereocenters. The summed E-state index contributed by atoms with van der Waals surface area (Å²) < 4.78 is 0.985. The van der Waals surface area contributed by atoms with Gasteiger partial charge in [0.2, 0.25) is 5.91 Å². The number of rotatable bonds is 3. The van der Waals surface area contributed by atoms with Gasteiger partial charge in [-0.15, -0.1) is 0 Å². The van der Waals surface area contributed by atoms with E-state index in [9.17, 15) is 4.79 Å². The summed E-state index contributed by atoms with van der Waals surface area (Å²) >= 11 is 3.45. The van der Waals surface area contributed by atoms with Gasteiger partial charge in [0.15, 0.2) is 0 Å². The number of amides is 1. The van der Waals surface area contributed by atoms with E-state index in [1.54, 1.807) is 6.20 Å². The van der Waals surface area contributed by atoms with E-state index in [1.165, 1.54) is 0 Å². The quantitative estimate of drug-likeness (QED) is 0.938. The Morgan fingerprint density at radius 2 is 2.05 bits per heavy atom. The lowest BCUT2D eigenvalue weighted by molar-refractivity contribution is -0.115. The summed E-state index contributed by atoms with van der Waals surface area (Å²) in [5, 5.41) is 2.92. The molecule has 1 amide bonds. The predicted molar refractivity (Wildman–Crippen MR) is 80.2 cm³/mol. The SMILES string of the molecule is Cc1cccnc1CC(=O)Nc1cccc(Br)c1C. The Hall–Kier alpha value is -1.68. The lowest BCUT2D eigenvalue weighted by Crippen LogP contribution is -2.16. The standard InChI is InChI=1S/C15H15BrN2O/c1-10-5-4-8-17-14(10)9-15(19)18-13-7-3-6-12(16)11(13)2/h3-8H,9H2,1-2H3,(H,18,19). The highest BCUT2D eigenvalue weighted by Gasteiger charge is 2.09. The van der Waals surface area contributed by atoms with Gasteiger partial charge in [0.1, 0.15) is 0 Å². The Morgan fingerprint density at radius 3 is 2.79 bits per heavy atom. The van der Waals surface area contributed by atoms with Crippen molar-refractivity contribution in [1.29, 1.82) is 0 Å². The molecule has 0 radical (unpaired) electrons. The monoisotopic (exact) mass is 318 g/mol. The highest BCUT2D eigenvalue weighted by atomic mass is 79.9. The first-order chi connectivity index (χ1) is 9.08. The topological polar surface area (TPSA) is 42.0 Å². The number of pyridine rings is 1. The fourth-order valence-electron chi connectivity index (χ4n) is 1.79. The summed E-state index contributed by atoms with van der Waals surface area (Å²) in [6.07, 6.45) is 2.00. The third kappa shape index (κ3) is 3.41. The van der Waals surface area contributed by atoms with Gasteiger partial charge >= 0.3 is 0 Å². The number of benzene rings is 1. The number of anilines is 1. The highest BCUT2D eigenvalue weighted by molar-refractivity contribution is 9.10. The number of hydrogen-bond donors (Lipinski definition) is 1. The number of aryl methyl sites for hydroxylation is 1. The predicted octanol–water partition coefficient (Wildman–Crippen LogP) is 3.64. The van der Waals surface area contributed by atoms with Crippen LogP contribution in [0.25, 0.3) is 0 Å². The number of carbonyl (C=O) groups excluding carboxylic acids is 1. The van der Waals surface area contributed by atoms with Crippen molar-refractivity contribution in [3.05, 3.63) is 57.8 Å². The number of nitrogens with zero attached hydrogens (tertiary/aromatic N) is 1. The van der Waals surface area contributed by atoms with Crippen LogP contribution in [0.1, 0.15) is 16.8 Å². The largest absolute Gasteiger partial charge is 0.325 e. The van der Waals surface area contributed by atoms with Crippen LogP contribution in [-0.4, -0.2) is 10.9 Å². The van der Waals surface area contributed by atoms with Crippen molar-refractivity contribution in [3.8, 4) is 0 Å². The van der Waals surface area contributed by atoms with E-state index in [4.69, 9.17) is 0 Å². The van der Waals surface area contributed by atoms with Gasteiger partial charge in [-0.1, -0.05) is 28.1 Å². The van der Waals surface area contributed by atoms with Gasteiger partial charge in [-0.05, 0) is 43.2 Å². The minimum Gasteiger partial charge on any atom is -0.325 e. The van der Waals surface area contributed by atoms with Crippen LogP contribution in [0.5, 0.6) is 0 Å². The van der Waals surface area contributed by atoms with Gasteiger partial charge in [0.25, 0.3) is 0 Å². The second-order valence-electron chi connectivity index (χ2n) is 4.40. The molecule has 0 fully saturated rings. The fraction of sp³-hybridized carbons (Fsp3) is 0.200. The van der Waals surface area contributed by atoms with Gasteiger partial charge in [0.05, 0.1) is 12.1 Å². The summed E-state index contributed by atoms with van der Waals surface area (Å²) in [6.45, 7) is 3.92. The molecule has 0 spiro atoms. The number of hydrogen-bond acceptors (Lipinski definition) is 2. The van der Waals surface area contributed by atoms with E-state index in [1.807, 2.05) is 44.2 Å². The first kappa shape index (κ1) is 13.7. The van der Waals surface area contributed by atoms with Crippen LogP contribution in [0, 0.1) is 13.8 Å². The normalized spacial score (nSPS) is 10.3. The maximum atomic E-state index is 12.0. The van der Waals surface area contributed by atoms with Crippen molar-refractivity contribution in [3.63, 3.8) is 0 Å². The zero-order valence-corrected chi connectivity index (χ0v) is 12.5. The van der Waals surface area contributed by atoms with Crippen molar-refractivity contribution in [1.82, 2.24) is 4.98 Å². The maximum Gasteiger partial charge on any atom is 0.230 e. The summed E-state index contributed by atoms with van der Waals surface area (Å²) in [7, 11) is 0. The molecule has 98 valence electrons. The molecule has 0 aliphatic rings. The average Bonchev–Trinajstić information content (AvgIpc) is 2.38. The van der Waals surface area contributed by atoms with Gasteiger partial charge in [-0.2, -0.15) is 0 Å².